The molecule has 2 amide bonds. The van der Waals surface area contributed by atoms with Gasteiger partial charge in [0.15, 0.2) is 0 Å². The lowest BCUT2D eigenvalue weighted by Gasteiger charge is -2.26. The normalized spacial score (nSPS) is 16.4. The van der Waals surface area contributed by atoms with Crippen molar-refractivity contribution in [1.29, 1.82) is 0 Å². The van der Waals surface area contributed by atoms with Crippen LogP contribution in [0.1, 0.15) is 19.3 Å². The molecule has 6 heteroatoms. The lowest BCUT2D eigenvalue weighted by Crippen LogP contribution is -2.48. The van der Waals surface area contributed by atoms with Crippen LogP contribution >= 0.6 is 0 Å². The molecule has 1 aromatic carbocycles. The highest BCUT2D eigenvalue weighted by Gasteiger charge is 2.13. The van der Waals surface area contributed by atoms with Crippen molar-refractivity contribution >= 4 is 16.9 Å². The first kappa shape index (κ1) is 12.0. The number of carbonyl (C=O) groups excluding carboxylic acids is 1. The molecule has 2 N–H and O–H groups in total. The van der Waals surface area contributed by atoms with Gasteiger partial charge in [-0.05, 0) is 18.9 Å². The van der Waals surface area contributed by atoms with Crippen molar-refractivity contribution in [3.63, 3.8) is 0 Å². The first-order valence-electron chi connectivity index (χ1n) is 6.58. The summed E-state index contributed by atoms with van der Waals surface area (Å²) in [4.78, 5) is 13.4. The van der Waals surface area contributed by atoms with E-state index >= 15 is 0 Å². The lowest BCUT2D eigenvalue weighted by atomic mass is 10.2. The van der Waals surface area contributed by atoms with E-state index in [1.165, 1.54) is 11.2 Å². The zero-order valence-corrected chi connectivity index (χ0v) is 10.7. The van der Waals surface area contributed by atoms with Crippen LogP contribution in [0.3, 0.4) is 0 Å². The van der Waals surface area contributed by atoms with Gasteiger partial charge in [0.25, 0.3) is 0 Å². The third kappa shape index (κ3) is 2.68. The second-order valence-electron chi connectivity index (χ2n) is 4.72. The van der Waals surface area contributed by atoms with Gasteiger partial charge < -0.3 is 0 Å². The van der Waals surface area contributed by atoms with Gasteiger partial charge in [-0.2, -0.15) is 9.89 Å². The Kier molecular flexibility index (Phi) is 3.33. The Morgan fingerprint density at radius 1 is 1.11 bits per heavy atom. The van der Waals surface area contributed by atoms with Gasteiger partial charge in [0.1, 0.15) is 0 Å². The molecule has 0 bridgehead atoms. The van der Waals surface area contributed by atoms with Gasteiger partial charge in [-0.3, -0.25) is 5.43 Å². The minimum atomic E-state index is -0.254. The number of piperidine rings is 1. The number of fused-ring (bicyclic) bond motifs is 1. The fourth-order valence-corrected chi connectivity index (χ4v) is 2.33. The quantitative estimate of drug-likeness (QED) is 0.862. The molecular formula is C13H17N5O. The van der Waals surface area contributed by atoms with Crippen molar-refractivity contribution in [3.05, 3.63) is 30.5 Å². The molecule has 0 atom stereocenters. The predicted octanol–water partition coefficient (Wildman–Crippen LogP) is 1.69. The summed E-state index contributed by atoms with van der Waals surface area (Å²) in [6.07, 6.45) is 5.23. The maximum atomic E-state index is 11.9. The third-order valence-corrected chi connectivity index (χ3v) is 3.30. The topological polar surface area (TPSA) is 62.2 Å². The van der Waals surface area contributed by atoms with E-state index in [-0.39, 0.29) is 6.03 Å². The molecule has 1 aliphatic rings. The van der Waals surface area contributed by atoms with Crippen LogP contribution in [0.4, 0.5) is 4.79 Å². The van der Waals surface area contributed by atoms with Gasteiger partial charge in [0, 0.05) is 18.5 Å². The fraction of sp³-hybridized carbons (Fsp3) is 0.385. The van der Waals surface area contributed by atoms with E-state index in [9.17, 15) is 4.79 Å². The van der Waals surface area contributed by atoms with Crippen LogP contribution in [0.5, 0.6) is 0 Å². The zero-order chi connectivity index (χ0) is 13.1. The fourth-order valence-electron chi connectivity index (χ4n) is 2.33. The van der Waals surface area contributed by atoms with Crippen molar-refractivity contribution in [2.75, 3.05) is 18.5 Å². The first-order chi connectivity index (χ1) is 9.33. The van der Waals surface area contributed by atoms with Crippen molar-refractivity contribution < 1.29 is 4.79 Å². The minimum Gasteiger partial charge on any atom is -0.269 e. The lowest BCUT2D eigenvalue weighted by molar-refractivity contribution is 0.160. The summed E-state index contributed by atoms with van der Waals surface area (Å²) in [5, 5.41) is 7.10. The second kappa shape index (κ2) is 5.27. The number of nitrogens with one attached hydrogen (secondary N) is 2. The Hall–Kier alpha value is -2.08. The molecule has 0 unspecified atom stereocenters. The maximum absolute atomic E-state index is 11.9. The SMILES string of the molecule is O=C(NN1CCCCC1)Nn1ncc2ccccc21. The van der Waals surface area contributed by atoms with Gasteiger partial charge in [-0.25, -0.2) is 15.2 Å². The highest BCUT2D eigenvalue weighted by Crippen LogP contribution is 2.11. The Morgan fingerprint density at radius 2 is 1.89 bits per heavy atom. The summed E-state index contributed by atoms with van der Waals surface area (Å²) >= 11 is 0. The number of urea groups is 1. The average Bonchev–Trinajstić information content (AvgIpc) is 2.83. The molecule has 1 aliphatic heterocycles. The Labute approximate surface area is 111 Å². The molecule has 6 nitrogen and oxygen atoms in total. The van der Waals surface area contributed by atoms with E-state index in [0.29, 0.717) is 0 Å². The Balaban J connectivity index is 1.65. The minimum absolute atomic E-state index is 0.254. The highest BCUT2D eigenvalue weighted by molar-refractivity contribution is 5.85. The molecule has 0 aliphatic carbocycles. The third-order valence-electron chi connectivity index (χ3n) is 3.30. The second-order valence-corrected chi connectivity index (χ2v) is 4.72. The van der Waals surface area contributed by atoms with E-state index in [2.05, 4.69) is 16.0 Å². The number of hydrogen-bond acceptors (Lipinski definition) is 3. The largest absolute Gasteiger partial charge is 0.349 e. The van der Waals surface area contributed by atoms with Crippen molar-refractivity contribution in [2.24, 2.45) is 0 Å². The number of nitrogens with zero attached hydrogens (tertiary/aromatic N) is 3. The van der Waals surface area contributed by atoms with E-state index < -0.39 is 0 Å². The highest BCUT2D eigenvalue weighted by atomic mass is 16.2. The van der Waals surface area contributed by atoms with Gasteiger partial charge in [-0.15, -0.1) is 0 Å². The molecule has 1 aromatic heterocycles. The number of aromatic nitrogens is 2. The summed E-state index contributed by atoms with van der Waals surface area (Å²) in [6.45, 7) is 1.82. The molecule has 2 aromatic rings. The van der Waals surface area contributed by atoms with Crippen LogP contribution in [0.2, 0.25) is 0 Å². The van der Waals surface area contributed by atoms with E-state index in [1.807, 2.05) is 29.3 Å². The molecule has 0 spiro atoms. The average molecular weight is 259 g/mol. The molecule has 0 saturated carbocycles. The van der Waals surface area contributed by atoms with Crippen LogP contribution in [-0.4, -0.2) is 34.0 Å². The molecule has 3 rings (SSSR count). The van der Waals surface area contributed by atoms with E-state index in [0.717, 1.165) is 36.8 Å². The predicted molar refractivity (Wildman–Crippen MR) is 73.0 cm³/mol. The van der Waals surface area contributed by atoms with Crippen LogP contribution in [-0.2, 0) is 0 Å². The van der Waals surface area contributed by atoms with Crippen LogP contribution in [0.15, 0.2) is 30.5 Å². The molecule has 1 saturated heterocycles. The molecule has 19 heavy (non-hydrogen) atoms. The summed E-state index contributed by atoms with van der Waals surface area (Å²) in [5.41, 5.74) is 6.46. The van der Waals surface area contributed by atoms with Gasteiger partial charge in [-0.1, -0.05) is 24.6 Å². The monoisotopic (exact) mass is 259 g/mol. The van der Waals surface area contributed by atoms with Crippen molar-refractivity contribution in [3.8, 4) is 0 Å². The molecule has 100 valence electrons. The number of hydrogen-bond donors (Lipinski definition) is 2. The summed E-state index contributed by atoms with van der Waals surface area (Å²) in [5.74, 6) is 0. The standard InChI is InChI=1S/C13H17N5O/c19-13(15-17-8-4-1-5-9-17)16-18-12-7-3-2-6-11(12)10-14-18/h2-3,6-7,10H,1,4-5,8-9H2,(H2,15,16,19). The molecule has 2 heterocycles. The van der Waals surface area contributed by atoms with E-state index in [1.54, 1.807) is 6.20 Å². The number of benzene rings is 1. The Morgan fingerprint density at radius 3 is 2.74 bits per heavy atom. The number of hydrazine groups is 1. The van der Waals surface area contributed by atoms with Crippen molar-refractivity contribution in [2.45, 2.75) is 19.3 Å². The number of carbonyl (C=O) groups is 1. The molecule has 0 radical (unpaired) electrons. The van der Waals surface area contributed by atoms with Crippen LogP contribution in [0.25, 0.3) is 10.9 Å². The van der Waals surface area contributed by atoms with Gasteiger partial charge in [0.05, 0.1) is 11.7 Å². The maximum Gasteiger partial charge on any atom is 0.349 e. The number of para-hydroxylation sites is 1. The van der Waals surface area contributed by atoms with Crippen LogP contribution < -0.4 is 10.9 Å². The van der Waals surface area contributed by atoms with Crippen molar-refractivity contribution in [1.82, 2.24) is 20.3 Å². The first-order valence-corrected chi connectivity index (χ1v) is 6.58. The number of amides is 2. The zero-order valence-electron chi connectivity index (χ0n) is 10.7. The molecule has 1 fully saturated rings. The summed E-state index contributed by atoms with van der Waals surface area (Å²) in [7, 11) is 0. The van der Waals surface area contributed by atoms with E-state index in [4.69, 9.17) is 0 Å². The number of rotatable bonds is 2. The smallest absolute Gasteiger partial charge is 0.269 e. The summed E-state index contributed by atoms with van der Waals surface area (Å²) < 4.78 is 0. The summed E-state index contributed by atoms with van der Waals surface area (Å²) in [6, 6.07) is 7.50. The molecular weight excluding hydrogens is 242 g/mol. The van der Waals surface area contributed by atoms with Crippen LogP contribution in [0, 0.1) is 0 Å². The van der Waals surface area contributed by atoms with Gasteiger partial charge in [0.2, 0.25) is 0 Å². The Bertz CT molecular complexity index is 573. The van der Waals surface area contributed by atoms with Gasteiger partial charge >= 0.3 is 6.03 Å².